The Morgan fingerprint density at radius 1 is 1.06 bits per heavy atom. The van der Waals surface area contributed by atoms with Gasteiger partial charge in [0.2, 0.25) is 5.79 Å². The number of cyclic esters (lactones) is 1. The highest BCUT2D eigenvalue weighted by Crippen LogP contribution is 2.56. The second-order valence-corrected chi connectivity index (χ2v) is 17.8. The standard InChI is InChI=1S/C42H65NO8/c1-25-9-8-10-37(45)40(15-11-26(2)24-43)16-13-32(36-21-28(4)38(46)48-36)30(6)33(40)20-27(3)34(44)22-35-29(5)23-41(50-35)17-18-42(51-41)39(7,47)14-12-31(19-25)49-42/h20,26,28-29,31,33-36,44,47H,1,8-19,21-24,43H2,2-7H3/b27-20-. The molecule has 0 amide bonds. The van der Waals surface area contributed by atoms with Crippen molar-refractivity contribution in [2.75, 3.05) is 6.54 Å². The zero-order chi connectivity index (χ0) is 36.9. The molecule has 6 rings (SSSR count). The third-order valence-corrected chi connectivity index (χ3v) is 13.9. The van der Waals surface area contributed by atoms with Gasteiger partial charge < -0.3 is 34.9 Å². The summed E-state index contributed by atoms with van der Waals surface area (Å²) in [6.07, 6.45) is 10.2. The average Bonchev–Trinajstić information content (AvgIpc) is 3.71. The molecule has 12 atom stereocenters. The van der Waals surface area contributed by atoms with Crippen LogP contribution < -0.4 is 5.73 Å². The van der Waals surface area contributed by atoms with Gasteiger partial charge in [0.15, 0.2) is 5.79 Å². The van der Waals surface area contributed by atoms with Gasteiger partial charge in [-0.2, -0.15) is 0 Å². The van der Waals surface area contributed by atoms with Gasteiger partial charge >= 0.3 is 5.97 Å². The summed E-state index contributed by atoms with van der Waals surface area (Å²) >= 11 is 0. The van der Waals surface area contributed by atoms with Gasteiger partial charge in [-0.05, 0) is 108 Å². The number of ketones is 1. The SMILES string of the molecule is C=C1CCCC(=O)C2(CCC(C)CN)CCC(C3CC(C)C(=O)O3)=C(C)C2/C=C(/C)C(O)CC2OC3(CCC4(OC(CCC4(C)O)C1)O3)CC2C. The third-order valence-electron chi connectivity index (χ3n) is 13.9. The number of rotatable bonds is 5. The maximum Gasteiger partial charge on any atom is 0.309 e. The first-order valence-corrected chi connectivity index (χ1v) is 20.0. The second kappa shape index (κ2) is 14.7. The number of carbonyl (C=O) groups excluding carboxylic acids is 2. The lowest BCUT2D eigenvalue weighted by Crippen LogP contribution is -2.60. The van der Waals surface area contributed by atoms with Crippen molar-refractivity contribution in [1.29, 1.82) is 0 Å². The zero-order valence-electron chi connectivity index (χ0n) is 32.1. The van der Waals surface area contributed by atoms with Gasteiger partial charge in [0.25, 0.3) is 0 Å². The van der Waals surface area contributed by atoms with E-state index in [-0.39, 0.29) is 53.7 Å². The lowest BCUT2D eigenvalue weighted by Gasteiger charge is -2.49. The van der Waals surface area contributed by atoms with E-state index in [9.17, 15) is 19.8 Å². The molecule has 0 radical (unpaired) electrons. The van der Waals surface area contributed by atoms with Gasteiger partial charge in [0.1, 0.15) is 17.5 Å². The highest BCUT2D eigenvalue weighted by atomic mass is 16.8. The highest BCUT2D eigenvalue weighted by Gasteiger charge is 2.64. The summed E-state index contributed by atoms with van der Waals surface area (Å²) in [5.74, 6) is -1.94. The van der Waals surface area contributed by atoms with Gasteiger partial charge in [-0.25, -0.2) is 0 Å². The number of fused-ring (bicyclic) bond motifs is 3. The molecule has 0 aromatic rings. The van der Waals surface area contributed by atoms with Crippen LogP contribution in [0.4, 0.5) is 0 Å². The minimum Gasteiger partial charge on any atom is -0.458 e. The average molecular weight is 712 g/mol. The first-order valence-electron chi connectivity index (χ1n) is 20.0. The van der Waals surface area contributed by atoms with Crippen LogP contribution in [0.3, 0.4) is 0 Å². The molecule has 4 N–H and O–H groups in total. The molecule has 0 aromatic carbocycles. The van der Waals surface area contributed by atoms with Crippen molar-refractivity contribution in [3.05, 3.63) is 34.9 Å². The van der Waals surface area contributed by atoms with E-state index in [1.807, 2.05) is 20.8 Å². The van der Waals surface area contributed by atoms with Gasteiger partial charge in [-0.15, -0.1) is 0 Å². The molecule has 9 nitrogen and oxygen atoms in total. The molecule has 1 aliphatic carbocycles. The largest absolute Gasteiger partial charge is 0.458 e. The summed E-state index contributed by atoms with van der Waals surface area (Å²) in [5.41, 5.74) is 8.37. The fourth-order valence-electron chi connectivity index (χ4n) is 10.3. The minimum absolute atomic E-state index is 0.123. The Hall–Kier alpha value is -1.88. The van der Waals surface area contributed by atoms with Gasteiger partial charge in [0.05, 0.1) is 24.2 Å². The van der Waals surface area contributed by atoms with Crippen molar-refractivity contribution >= 4 is 11.8 Å². The van der Waals surface area contributed by atoms with Crippen LogP contribution >= 0.6 is 0 Å². The highest BCUT2D eigenvalue weighted by molar-refractivity contribution is 5.86. The van der Waals surface area contributed by atoms with Crippen LogP contribution in [0.5, 0.6) is 0 Å². The zero-order valence-corrected chi connectivity index (χ0v) is 32.1. The Morgan fingerprint density at radius 2 is 1.82 bits per heavy atom. The summed E-state index contributed by atoms with van der Waals surface area (Å²) in [6, 6.07) is 0. The number of carbonyl (C=O) groups is 2. The molecule has 286 valence electrons. The van der Waals surface area contributed by atoms with Crippen LogP contribution in [0.2, 0.25) is 0 Å². The first kappa shape index (κ1) is 38.8. The van der Waals surface area contributed by atoms with E-state index >= 15 is 0 Å². The summed E-state index contributed by atoms with van der Waals surface area (Å²) in [6.45, 7) is 17.1. The Bertz CT molecular complexity index is 1420. The smallest absolute Gasteiger partial charge is 0.309 e. The molecule has 5 heterocycles. The van der Waals surface area contributed by atoms with E-state index in [0.717, 1.165) is 28.7 Å². The molecule has 0 aromatic heterocycles. The van der Waals surface area contributed by atoms with Crippen LogP contribution in [0.15, 0.2) is 34.9 Å². The number of Topliss-reactive ketones (excluding diaryl/α,β-unsaturated/α-hetero) is 1. The van der Waals surface area contributed by atoms with Crippen molar-refractivity contribution in [3.8, 4) is 0 Å². The Balaban J connectivity index is 1.37. The van der Waals surface area contributed by atoms with Crippen LogP contribution in [0.25, 0.3) is 0 Å². The lowest BCUT2D eigenvalue weighted by molar-refractivity contribution is -0.387. The number of nitrogens with two attached hydrogens (primary N) is 1. The number of hydrogen-bond donors (Lipinski definition) is 3. The first-order chi connectivity index (χ1) is 24.0. The number of esters is 1. The van der Waals surface area contributed by atoms with E-state index in [0.29, 0.717) is 96.4 Å². The van der Waals surface area contributed by atoms with Gasteiger partial charge in [-0.1, -0.05) is 44.6 Å². The number of ether oxygens (including phenoxy) is 4. The Labute approximate surface area is 305 Å². The fraction of sp³-hybridized carbons (Fsp3) is 0.810. The monoisotopic (exact) mass is 711 g/mol. The summed E-state index contributed by atoms with van der Waals surface area (Å²) in [7, 11) is 0. The Morgan fingerprint density at radius 3 is 2.53 bits per heavy atom. The van der Waals surface area contributed by atoms with E-state index in [4.69, 9.17) is 24.7 Å². The molecule has 4 bridgehead atoms. The predicted octanol–water partition coefficient (Wildman–Crippen LogP) is 6.98. The molecule has 12 unspecified atom stereocenters. The van der Waals surface area contributed by atoms with E-state index < -0.39 is 28.7 Å². The lowest BCUT2D eigenvalue weighted by atomic mass is 9.58. The number of aliphatic hydroxyl groups excluding tert-OH is 1. The molecule has 4 fully saturated rings. The van der Waals surface area contributed by atoms with Crippen molar-refractivity contribution in [3.63, 3.8) is 0 Å². The molecule has 4 saturated heterocycles. The molecule has 0 saturated carbocycles. The fourth-order valence-corrected chi connectivity index (χ4v) is 10.3. The number of aliphatic hydroxyl groups is 2. The van der Waals surface area contributed by atoms with E-state index in [2.05, 4.69) is 33.4 Å². The molecular formula is C42H65NO8. The normalized spacial score (nSPS) is 45.7. The van der Waals surface area contributed by atoms with Crippen LogP contribution in [-0.4, -0.2) is 70.1 Å². The second-order valence-electron chi connectivity index (χ2n) is 17.8. The maximum absolute atomic E-state index is 14.8. The van der Waals surface area contributed by atoms with Crippen LogP contribution in [0.1, 0.15) is 138 Å². The predicted molar refractivity (Wildman–Crippen MR) is 195 cm³/mol. The molecule has 6 aliphatic rings. The van der Waals surface area contributed by atoms with Crippen molar-refractivity contribution in [1.82, 2.24) is 0 Å². The van der Waals surface area contributed by atoms with Crippen molar-refractivity contribution < 1.29 is 38.7 Å². The number of allylic oxidation sites excluding steroid dienone is 2. The van der Waals surface area contributed by atoms with E-state index in [1.54, 1.807) is 0 Å². The quantitative estimate of drug-likeness (QED) is 0.204. The van der Waals surface area contributed by atoms with Crippen molar-refractivity contribution in [2.24, 2.45) is 34.8 Å². The topological polar surface area (TPSA) is 138 Å². The Kier molecular flexibility index (Phi) is 11.2. The molecule has 9 heteroatoms. The van der Waals surface area contributed by atoms with Gasteiger partial charge in [-0.3, -0.25) is 9.59 Å². The maximum atomic E-state index is 14.8. The van der Waals surface area contributed by atoms with E-state index in [1.165, 1.54) is 0 Å². The molecule has 51 heavy (non-hydrogen) atoms. The summed E-state index contributed by atoms with van der Waals surface area (Å²) in [5, 5.41) is 23.5. The van der Waals surface area contributed by atoms with Crippen molar-refractivity contribution in [2.45, 2.75) is 179 Å². The summed E-state index contributed by atoms with van der Waals surface area (Å²) < 4.78 is 26.1. The molecule has 5 aliphatic heterocycles. The summed E-state index contributed by atoms with van der Waals surface area (Å²) in [4.78, 5) is 27.3. The van der Waals surface area contributed by atoms with Gasteiger partial charge in [0, 0.05) is 49.9 Å². The van der Waals surface area contributed by atoms with Crippen LogP contribution in [0, 0.1) is 29.1 Å². The number of hydrogen-bond acceptors (Lipinski definition) is 9. The molecule has 2 spiro atoms. The third kappa shape index (κ3) is 7.46. The van der Waals surface area contributed by atoms with Crippen LogP contribution in [-0.2, 0) is 28.5 Å². The molecular weight excluding hydrogens is 646 g/mol. The minimum atomic E-state index is -1.16.